The van der Waals surface area contributed by atoms with Gasteiger partial charge in [0, 0.05) is 17.3 Å². The molecule has 8 heteroatoms. The molecule has 6 nitrogen and oxygen atoms in total. The molecule has 1 heterocycles. The maximum atomic E-state index is 13.0. The molecule has 1 atom stereocenters. The lowest BCUT2D eigenvalue weighted by molar-refractivity contribution is -0.124. The quantitative estimate of drug-likeness (QED) is 0.648. The Morgan fingerprint density at radius 3 is 2.60 bits per heavy atom. The van der Waals surface area contributed by atoms with Gasteiger partial charge in [-0.3, -0.25) is 19.3 Å². The van der Waals surface area contributed by atoms with Crippen LogP contribution >= 0.6 is 11.8 Å². The molecule has 30 heavy (non-hydrogen) atoms. The summed E-state index contributed by atoms with van der Waals surface area (Å²) in [6.07, 6.45) is 2.27. The monoisotopic (exact) mass is 428 g/mol. The third-order valence-corrected chi connectivity index (χ3v) is 5.43. The van der Waals surface area contributed by atoms with Crippen molar-refractivity contribution >= 4 is 40.6 Å². The number of ether oxygens (including phenoxy) is 1. The van der Waals surface area contributed by atoms with E-state index in [9.17, 15) is 18.8 Å². The van der Waals surface area contributed by atoms with Crippen LogP contribution in [0.5, 0.6) is 5.75 Å². The topological polar surface area (TPSA) is 75.7 Å². The molecular weight excluding hydrogens is 407 g/mol. The van der Waals surface area contributed by atoms with E-state index in [4.69, 9.17) is 4.74 Å². The summed E-state index contributed by atoms with van der Waals surface area (Å²) in [7, 11) is 0. The normalized spacial score (nSPS) is 16.1. The van der Waals surface area contributed by atoms with E-state index in [1.807, 2.05) is 13.8 Å². The Morgan fingerprint density at radius 1 is 1.20 bits per heavy atom. The first-order valence-electron chi connectivity index (χ1n) is 9.43. The Bertz CT molecular complexity index is 991. The molecule has 1 N–H and O–H groups in total. The first kappa shape index (κ1) is 21.6. The highest BCUT2D eigenvalue weighted by Crippen LogP contribution is 2.35. The number of imide groups is 1. The van der Waals surface area contributed by atoms with E-state index < -0.39 is 11.7 Å². The SMILES string of the molecule is CC[C@H](C)N1C(=O)S/C(=C/c2ccccc2OCC(=O)Nc2ccc(F)cc2)C1=O. The Kier molecular flexibility index (Phi) is 6.89. The van der Waals surface area contributed by atoms with Crippen molar-refractivity contribution < 1.29 is 23.5 Å². The van der Waals surface area contributed by atoms with Crippen LogP contribution in [0.1, 0.15) is 25.8 Å². The van der Waals surface area contributed by atoms with Crippen LogP contribution in [0.4, 0.5) is 14.9 Å². The van der Waals surface area contributed by atoms with Crippen LogP contribution in [0, 0.1) is 5.82 Å². The summed E-state index contributed by atoms with van der Waals surface area (Å²) in [5.74, 6) is -0.727. The van der Waals surface area contributed by atoms with E-state index >= 15 is 0 Å². The van der Waals surface area contributed by atoms with Crippen molar-refractivity contribution in [2.75, 3.05) is 11.9 Å². The lowest BCUT2D eigenvalue weighted by Crippen LogP contribution is -2.36. The molecule has 0 aromatic heterocycles. The molecule has 0 spiro atoms. The molecule has 0 saturated carbocycles. The summed E-state index contributed by atoms with van der Waals surface area (Å²) in [6, 6.07) is 12.2. The Morgan fingerprint density at radius 2 is 1.90 bits per heavy atom. The van der Waals surface area contributed by atoms with Crippen molar-refractivity contribution in [3.05, 3.63) is 64.8 Å². The van der Waals surface area contributed by atoms with Crippen LogP contribution in [-0.2, 0) is 9.59 Å². The Labute approximate surface area is 178 Å². The number of carbonyl (C=O) groups excluding carboxylic acids is 3. The number of para-hydroxylation sites is 1. The zero-order valence-corrected chi connectivity index (χ0v) is 17.4. The van der Waals surface area contributed by atoms with E-state index in [2.05, 4.69) is 5.32 Å². The molecule has 3 rings (SSSR count). The van der Waals surface area contributed by atoms with E-state index in [0.717, 1.165) is 11.8 Å². The van der Waals surface area contributed by atoms with Crippen LogP contribution in [0.3, 0.4) is 0 Å². The predicted molar refractivity (Wildman–Crippen MR) is 115 cm³/mol. The number of anilines is 1. The molecule has 0 unspecified atom stereocenters. The number of benzene rings is 2. The fraction of sp³-hybridized carbons (Fsp3) is 0.227. The standard InChI is InChI=1S/C22H21FN2O4S/c1-3-14(2)25-21(27)19(30-22(25)28)12-15-6-4-5-7-18(15)29-13-20(26)24-17-10-8-16(23)9-11-17/h4-12,14H,3,13H2,1-2H3,(H,24,26)/b19-12+/t14-/m0/s1. The minimum atomic E-state index is -0.409. The summed E-state index contributed by atoms with van der Waals surface area (Å²) < 4.78 is 18.6. The van der Waals surface area contributed by atoms with Crippen LogP contribution in [0.15, 0.2) is 53.4 Å². The molecule has 1 saturated heterocycles. The van der Waals surface area contributed by atoms with E-state index in [1.54, 1.807) is 30.3 Å². The van der Waals surface area contributed by atoms with Crippen LogP contribution in [-0.4, -0.2) is 34.6 Å². The molecule has 0 bridgehead atoms. The zero-order valence-electron chi connectivity index (χ0n) is 16.6. The summed E-state index contributed by atoms with van der Waals surface area (Å²) in [5.41, 5.74) is 1.04. The van der Waals surface area contributed by atoms with Crippen molar-refractivity contribution in [3.63, 3.8) is 0 Å². The van der Waals surface area contributed by atoms with Gasteiger partial charge in [0.05, 0.1) is 4.91 Å². The highest BCUT2D eigenvalue weighted by Gasteiger charge is 2.37. The van der Waals surface area contributed by atoms with Crippen molar-refractivity contribution in [3.8, 4) is 5.75 Å². The second kappa shape index (κ2) is 9.58. The molecule has 3 amide bonds. The molecule has 1 fully saturated rings. The summed E-state index contributed by atoms with van der Waals surface area (Å²) in [4.78, 5) is 38.5. The molecule has 2 aromatic rings. The van der Waals surface area contributed by atoms with E-state index in [1.165, 1.54) is 29.2 Å². The largest absolute Gasteiger partial charge is 0.483 e. The number of hydrogen-bond acceptors (Lipinski definition) is 5. The zero-order chi connectivity index (χ0) is 21.7. The predicted octanol–water partition coefficient (Wildman–Crippen LogP) is 4.68. The molecule has 2 aromatic carbocycles. The van der Waals surface area contributed by atoms with Crippen LogP contribution in [0.25, 0.3) is 6.08 Å². The number of hydrogen-bond donors (Lipinski definition) is 1. The first-order valence-corrected chi connectivity index (χ1v) is 10.2. The van der Waals surface area contributed by atoms with Gasteiger partial charge in [0.15, 0.2) is 6.61 Å². The summed E-state index contributed by atoms with van der Waals surface area (Å²) in [5, 5.41) is 2.32. The van der Waals surface area contributed by atoms with Gasteiger partial charge in [0.1, 0.15) is 11.6 Å². The fourth-order valence-electron chi connectivity index (χ4n) is 2.79. The van der Waals surface area contributed by atoms with Gasteiger partial charge < -0.3 is 10.1 Å². The van der Waals surface area contributed by atoms with Gasteiger partial charge in [0.25, 0.3) is 17.1 Å². The first-order chi connectivity index (χ1) is 14.4. The number of nitrogens with one attached hydrogen (secondary N) is 1. The molecule has 0 aliphatic carbocycles. The minimum Gasteiger partial charge on any atom is -0.483 e. The van der Waals surface area contributed by atoms with Gasteiger partial charge in [-0.25, -0.2) is 4.39 Å². The van der Waals surface area contributed by atoms with Gasteiger partial charge in [-0.2, -0.15) is 0 Å². The van der Waals surface area contributed by atoms with Crippen LogP contribution in [0.2, 0.25) is 0 Å². The van der Waals surface area contributed by atoms with E-state index in [-0.39, 0.29) is 23.8 Å². The van der Waals surface area contributed by atoms with Gasteiger partial charge in [-0.1, -0.05) is 25.1 Å². The highest BCUT2D eigenvalue weighted by molar-refractivity contribution is 8.18. The van der Waals surface area contributed by atoms with Crippen LogP contribution < -0.4 is 10.1 Å². The van der Waals surface area contributed by atoms with Crippen molar-refractivity contribution in [2.24, 2.45) is 0 Å². The lowest BCUT2D eigenvalue weighted by Gasteiger charge is -2.19. The fourth-order valence-corrected chi connectivity index (χ4v) is 3.71. The molecule has 0 radical (unpaired) electrons. The number of halogens is 1. The van der Waals surface area contributed by atoms with Crippen molar-refractivity contribution in [1.82, 2.24) is 4.90 Å². The van der Waals surface area contributed by atoms with Gasteiger partial charge in [0.2, 0.25) is 0 Å². The smallest absolute Gasteiger partial charge is 0.293 e. The molecule has 1 aliphatic rings. The second-order valence-electron chi connectivity index (χ2n) is 6.69. The third kappa shape index (κ3) is 5.07. The average molecular weight is 428 g/mol. The molecule has 156 valence electrons. The summed E-state index contributed by atoms with van der Waals surface area (Å²) >= 11 is 0.889. The number of rotatable bonds is 7. The number of amides is 3. The number of thioether (sulfide) groups is 1. The average Bonchev–Trinajstić information content (AvgIpc) is 3.01. The summed E-state index contributed by atoms with van der Waals surface area (Å²) in [6.45, 7) is 3.48. The van der Waals surface area contributed by atoms with Crippen molar-refractivity contribution in [1.29, 1.82) is 0 Å². The third-order valence-electron chi connectivity index (χ3n) is 4.55. The number of nitrogens with zero attached hydrogens (tertiary/aromatic N) is 1. The maximum absolute atomic E-state index is 13.0. The number of carbonyl (C=O) groups is 3. The van der Waals surface area contributed by atoms with Crippen molar-refractivity contribution in [2.45, 2.75) is 26.3 Å². The Hall–Kier alpha value is -3.13. The molecule has 1 aliphatic heterocycles. The minimum absolute atomic E-state index is 0.176. The van der Waals surface area contributed by atoms with Gasteiger partial charge in [-0.05, 0) is 61.5 Å². The maximum Gasteiger partial charge on any atom is 0.293 e. The van der Waals surface area contributed by atoms with E-state index in [0.29, 0.717) is 28.3 Å². The van der Waals surface area contributed by atoms with Gasteiger partial charge in [-0.15, -0.1) is 0 Å². The highest BCUT2D eigenvalue weighted by atomic mass is 32.2. The van der Waals surface area contributed by atoms with Gasteiger partial charge >= 0.3 is 0 Å². The lowest BCUT2D eigenvalue weighted by atomic mass is 10.1. The Balaban J connectivity index is 1.69. The molecular formula is C22H21FN2O4S. The second-order valence-corrected chi connectivity index (χ2v) is 7.68.